The van der Waals surface area contributed by atoms with Crippen LogP contribution in [0.5, 0.6) is 5.75 Å². The van der Waals surface area contributed by atoms with Crippen molar-refractivity contribution < 1.29 is 19.1 Å². The van der Waals surface area contributed by atoms with Crippen LogP contribution < -0.4 is 15.4 Å². The number of nitrogens with zero attached hydrogens (tertiary/aromatic N) is 2. The molecule has 0 aliphatic carbocycles. The summed E-state index contributed by atoms with van der Waals surface area (Å²) in [5, 5.41) is 0. The third-order valence-electron chi connectivity index (χ3n) is 5.79. The number of hydrogen-bond acceptors (Lipinski definition) is 5. The Bertz CT molecular complexity index is 975. The highest BCUT2D eigenvalue weighted by Gasteiger charge is 2.22. The molecule has 7 heteroatoms. The number of ether oxygens (including phenoxy) is 2. The summed E-state index contributed by atoms with van der Waals surface area (Å²) in [6, 6.07) is 15.4. The van der Waals surface area contributed by atoms with Crippen molar-refractivity contribution >= 4 is 23.3 Å². The molecule has 1 aliphatic heterocycles. The molecule has 33 heavy (non-hydrogen) atoms. The smallest absolute Gasteiger partial charge is 0.414 e. The summed E-state index contributed by atoms with van der Waals surface area (Å²) in [6.45, 7) is 5.33. The number of hydrogen-bond donors (Lipinski definition) is 1. The van der Waals surface area contributed by atoms with Crippen LogP contribution in [-0.2, 0) is 4.74 Å². The Morgan fingerprint density at radius 3 is 2.55 bits per heavy atom. The van der Waals surface area contributed by atoms with E-state index in [0.717, 1.165) is 38.9 Å². The molecule has 2 aromatic carbocycles. The van der Waals surface area contributed by atoms with Crippen LogP contribution in [0.4, 0.5) is 10.5 Å². The second kappa shape index (κ2) is 12.1. The van der Waals surface area contributed by atoms with Crippen molar-refractivity contribution in [1.29, 1.82) is 0 Å². The standard InChI is InChI=1S/C26H33N3O4/c1-3-33-26(31)29(24-12-11-22(32-2)19-23(24)25(27)30)16-8-7-15-28-17-13-21(14-18-28)20-9-5-4-6-10-20/h4-6,9-13,19H,3,7-8,14-18H2,1-2H3,(H2,27,30). The predicted molar refractivity (Wildman–Crippen MR) is 131 cm³/mol. The SMILES string of the molecule is CCOC(=O)N(CCCCN1CC=C(c2ccccc2)CC1)c1ccc(OC)cc1C(N)=O. The van der Waals surface area contributed by atoms with Gasteiger partial charge in [0.1, 0.15) is 5.75 Å². The Kier molecular flexibility index (Phi) is 8.89. The zero-order chi connectivity index (χ0) is 23.6. The van der Waals surface area contributed by atoms with Gasteiger partial charge in [0.15, 0.2) is 0 Å². The second-order valence-electron chi connectivity index (χ2n) is 7.95. The lowest BCUT2D eigenvalue weighted by Gasteiger charge is -2.27. The first-order chi connectivity index (χ1) is 16.0. The minimum absolute atomic E-state index is 0.233. The first kappa shape index (κ1) is 24.3. The van der Waals surface area contributed by atoms with E-state index in [0.29, 0.717) is 18.0 Å². The van der Waals surface area contributed by atoms with Gasteiger partial charge in [-0.1, -0.05) is 36.4 Å². The fraction of sp³-hybridized carbons (Fsp3) is 0.385. The van der Waals surface area contributed by atoms with Gasteiger partial charge in [-0.25, -0.2) is 4.79 Å². The van der Waals surface area contributed by atoms with Gasteiger partial charge in [-0.2, -0.15) is 0 Å². The largest absolute Gasteiger partial charge is 0.497 e. The molecule has 0 saturated heterocycles. The zero-order valence-electron chi connectivity index (χ0n) is 19.5. The summed E-state index contributed by atoms with van der Waals surface area (Å²) in [5.41, 5.74) is 8.94. The van der Waals surface area contributed by atoms with Gasteiger partial charge in [0.05, 0.1) is 25.0 Å². The summed E-state index contributed by atoms with van der Waals surface area (Å²) >= 11 is 0. The summed E-state index contributed by atoms with van der Waals surface area (Å²) in [7, 11) is 1.52. The van der Waals surface area contributed by atoms with E-state index in [1.807, 2.05) is 6.07 Å². The molecule has 176 valence electrons. The number of nitrogens with two attached hydrogens (primary N) is 1. The van der Waals surface area contributed by atoms with Gasteiger partial charge >= 0.3 is 6.09 Å². The maximum Gasteiger partial charge on any atom is 0.414 e. The minimum Gasteiger partial charge on any atom is -0.497 e. The lowest BCUT2D eigenvalue weighted by molar-refractivity contribution is 0.100. The maximum atomic E-state index is 12.6. The number of rotatable bonds is 10. The Hall–Kier alpha value is -3.32. The molecule has 0 radical (unpaired) electrons. The van der Waals surface area contributed by atoms with E-state index in [-0.39, 0.29) is 12.2 Å². The van der Waals surface area contributed by atoms with E-state index < -0.39 is 12.0 Å². The highest BCUT2D eigenvalue weighted by Crippen LogP contribution is 2.27. The van der Waals surface area contributed by atoms with Crippen molar-refractivity contribution in [3.63, 3.8) is 0 Å². The van der Waals surface area contributed by atoms with Gasteiger partial charge in [-0.05, 0) is 62.1 Å². The molecule has 0 fully saturated rings. The van der Waals surface area contributed by atoms with E-state index in [1.54, 1.807) is 25.1 Å². The number of carbonyl (C=O) groups excluding carboxylic acids is 2. The average Bonchev–Trinajstić information content (AvgIpc) is 2.85. The van der Waals surface area contributed by atoms with Gasteiger partial charge < -0.3 is 15.2 Å². The van der Waals surface area contributed by atoms with Crippen molar-refractivity contribution in [1.82, 2.24) is 4.90 Å². The number of methoxy groups -OCH3 is 1. The van der Waals surface area contributed by atoms with Crippen molar-refractivity contribution in [2.24, 2.45) is 5.73 Å². The second-order valence-corrected chi connectivity index (χ2v) is 7.95. The number of amides is 2. The Morgan fingerprint density at radius 1 is 1.12 bits per heavy atom. The van der Waals surface area contributed by atoms with Crippen LogP contribution in [0.2, 0.25) is 0 Å². The first-order valence-electron chi connectivity index (χ1n) is 11.4. The first-order valence-corrected chi connectivity index (χ1v) is 11.4. The number of primary amides is 1. The van der Waals surface area contributed by atoms with Gasteiger partial charge in [-0.15, -0.1) is 0 Å². The van der Waals surface area contributed by atoms with Gasteiger partial charge in [0.2, 0.25) is 0 Å². The topological polar surface area (TPSA) is 85.1 Å². The van der Waals surface area contributed by atoms with E-state index >= 15 is 0 Å². The molecule has 0 spiro atoms. The molecule has 0 bridgehead atoms. The highest BCUT2D eigenvalue weighted by atomic mass is 16.6. The average molecular weight is 452 g/mol. The van der Waals surface area contributed by atoms with E-state index in [1.165, 1.54) is 23.1 Å². The van der Waals surface area contributed by atoms with Crippen molar-refractivity contribution in [2.45, 2.75) is 26.2 Å². The lowest BCUT2D eigenvalue weighted by atomic mass is 9.99. The highest BCUT2D eigenvalue weighted by molar-refractivity contribution is 6.03. The number of benzene rings is 2. The Labute approximate surface area is 195 Å². The molecule has 2 aromatic rings. The molecule has 7 nitrogen and oxygen atoms in total. The predicted octanol–water partition coefficient (Wildman–Crippen LogP) is 4.33. The summed E-state index contributed by atoms with van der Waals surface area (Å²) in [6.07, 6.45) is 4.55. The Balaban J connectivity index is 1.59. The van der Waals surface area contributed by atoms with Crippen LogP contribution in [0.1, 0.15) is 42.1 Å². The minimum atomic E-state index is -0.618. The fourth-order valence-electron chi connectivity index (χ4n) is 4.02. The number of unbranched alkanes of at least 4 members (excludes halogenated alkanes) is 1. The summed E-state index contributed by atoms with van der Waals surface area (Å²) < 4.78 is 10.4. The van der Waals surface area contributed by atoms with Crippen molar-refractivity contribution in [3.8, 4) is 5.75 Å². The molecule has 1 heterocycles. The third kappa shape index (κ3) is 6.58. The van der Waals surface area contributed by atoms with Gasteiger partial charge in [0.25, 0.3) is 5.91 Å². The molecule has 3 rings (SSSR count). The molecule has 2 N–H and O–H groups in total. The van der Waals surface area contributed by atoms with Gasteiger partial charge in [-0.3, -0.25) is 14.6 Å². The zero-order valence-corrected chi connectivity index (χ0v) is 19.5. The van der Waals surface area contributed by atoms with Crippen LogP contribution in [0.15, 0.2) is 54.6 Å². The molecular weight excluding hydrogens is 418 g/mol. The summed E-state index contributed by atoms with van der Waals surface area (Å²) in [5.74, 6) is -0.114. The molecule has 0 atom stereocenters. The van der Waals surface area contributed by atoms with Crippen LogP contribution in [-0.4, -0.2) is 56.8 Å². The van der Waals surface area contributed by atoms with Crippen LogP contribution >= 0.6 is 0 Å². The van der Waals surface area contributed by atoms with E-state index in [9.17, 15) is 9.59 Å². The van der Waals surface area contributed by atoms with Crippen molar-refractivity contribution in [3.05, 3.63) is 65.7 Å². The molecule has 1 aliphatic rings. The quantitative estimate of drug-likeness (QED) is 0.544. The van der Waals surface area contributed by atoms with E-state index in [2.05, 4.69) is 35.2 Å². The Morgan fingerprint density at radius 2 is 1.91 bits per heavy atom. The molecule has 2 amide bonds. The van der Waals surface area contributed by atoms with E-state index in [4.69, 9.17) is 15.2 Å². The normalized spacial score (nSPS) is 13.8. The monoisotopic (exact) mass is 451 g/mol. The molecule has 0 aromatic heterocycles. The van der Waals surface area contributed by atoms with Crippen LogP contribution in [0.3, 0.4) is 0 Å². The molecule has 0 unspecified atom stereocenters. The maximum absolute atomic E-state index is 12.6. The summed E-state index contributed by atoms with van der Waals surface area (Å²) in [4.78, 5) is 28.6. The van der Waals surface area contributed by atoms with Crippen LogP contribution in [0, 0.1) is 0 Å². The lowest BCUT2D eigenvalue weighted by Crippen LogP contribution is -2.35. The fourth-order valence-corrected chi connectivity index (χ4v) is 4.02. The van der Waals surface area contributed by atoms with Crippen molar-refractivity contribution in [2.75, 3.05) is 44.8 Å². The molecule has 0 saturated carbocycles. The molecular formula is C26H33N3O4. The number of anilines is 1. The van der Waals surface area contributed by atoms with Crippen LogP contribution in [0.25, 0.3) is 5.57 Å². The third-order valence-corrected chi connectivity index (χ3v) is 5.79. The number of carbonyl (C=O) groups is 2. The van der Waals surface area contributed by atoms with Gasteiger partial charge in [0, 0.05) is 19.6 Å².